The smallest absolute Gasteiger partial charge is 0.330 e. The van der Waals surface area contributed by atoms with Crippen molar-refractivity contribution in [3.63, 3.8) is 0 Å². The molecule has 1 aromatic carbocycles. The fraction of sp³-hybridized carbons (Fsp3) is 0.333. The van der Waals surface area contributed by atoms with Crippen molar-refractivity contribution in [2.45, 2.75) is 25.8 Å². The summed E-state index contributed by atoms with van der Waals surface area (Å²) in [4.78, 5) is 24.4. The van der Waals surface area contributed by atoms with Crippen LogP contribution in [-0.4, -0.2) is 38.6 Å². The third-order valence-corrected chi connectivity index (χ3v) is 5.95. The second kappa shape index (κ2) is 6.77. The summed E-state index contributed by atoms with van der Waals surface area (Å²) in [5.74, 6) is -0.212. The van der Waals surface area contributed by atoms with Crippen LogP contribution >= 0.6 is 23.4 Å². The van der Waals surface area contributed by atoms with Gasteiger partial charge in [0.2, 0.25) is 0 Å². The number of nitrogens with zero attached hydrogens (tertiary/aromatic N) is 1. The van der Waals surface area contributed by atoms with E-state index >= 15 is 0 Å². The summed E-state index contributed by atoms with van der Waals surface area (Å²) in [6.45, 7) is 3.75. The van der Waals surface area contributed by atoms with Gasteiger partial charge in [0, 0.05) is 27.9 Å². The van der Waals surface area contributed by atoms with Crippen molar-refractivity contribution in [3.05, 3.63) is 52.3 Å². The highest BCUT2D eigenvalue weighted by atomic mass is 35.5. The SMILES string of the molecule is Cc1cc(C(=O)NC2(C(=O)O)CCSC2)c(C)n1-c1cccc(Cl)c1. The molecular weight excluding hydrogens is 360 g/mol. The number of hydrogen-bond donors (Lipinski definition) is 2. The Bertz CT molecular complexity index is 841. The predicted molar refractivity (Wildman–Crippen MR) is 100 cm³/mol. The number of hydrogen-bond acceptors (Lipinski definition) is 3. The normalized spacial score (nSPS) is 19.8. The number of thioether (sulfide) groups is 1. The molecule has 3 rings (SSSR count). The van der Waals surface area contributed by atoms with Gasteiger partial charge in [0.25, 0.3) is 5.91 Å². The van der Waals surface area contributed by atoms with E-state index in [1.54, 1.807) is 23.9 Å². The van der Waals surface area contributed by atoms with Gasteiger partial charge in [-0.15, -0.1) is 0 Å². The molecule has 7 heteroatoms. The van der Waals surface area contributed by atoms with Crippen molar-refractivity contribution < 1.29 is 14.7 Å². The van der Waals surface area contributed by atoms with Gasteiger partial charge in [0.1, 0.15) is 5.54 Å². The van der Waals surface area contributed by atoms with Gasteiger partial charge in [-0.1, -0.05) is 17.7 Å². The summed E-state index contributed by atoms with van der Waals surface area (Å²) in [5, 5.41) is 12.9. The molecule has 25 heavy (non-hydrogen) atoms. The molecule has 1 saturated heterocycles. The number of carboxylic acid groups (broad SMARTS) is 1. The molecule has 0 aliphatic carbocycles. The van der Waals surface area contributed by atoms with Crippen molar-refractivity contribution in [1.82, 2.24) is 9.88 Å². The van der Waals surface area contributed by atoms with Crippen LogP contribution in [-0.2, 0) is 4.79 Å². The second-order valence-corrected chi connectivity index (χ2v) is 7.79. The van der Waals surface area contributed by atoms with Crippen molar-refractivity contribution in [2.75, 3.05) is 11.5 Å². The number of amides is 1. The predicted octanol–water partition coefficient (Wildman–Crippen LogP) is 3.44. The van der Waals surface area contributed by atoms with E-state index in [-0.39, 0.29) is 5.91 Å². The van der Waals surface area contributed by atoms with Crippen molar-refractivity contribution in [3.8, 4) is 5.69 Å². The number of halogens is 1. The van der Waals surface area contributed by atoms with Crippen LogP contribution in [0.2, 0.25) is 5.02 Å². The summed E-state index contributed by atoms with van der Waals surface area (Å²) in [7, 11) is 0. The van der Waals surface area contributed by atoms with Gasteiger partial charge in [0.15, 0.2) is 0 Å². The van der Waals surface area contributed by atoms with E-state index in [0.29, 0.717) is 22.8 Å². The molecule has 0 bridgehead atoms. The number of nitrogens with one attached hydrogen (secondary N) is 1. The summed E-state index contributed by atoms with van der Waals surface area (Å²) in [6.07, 6.45) is 0.436. The molecule has 1 aliphatic rings. The monoisotopic (exact) mass is 378 g/mol. The topological polar surface area (TPSA) is 71.3 Å². The average molecular weight is 379 g/mol. The highest BCUT2D eigenvalue weighted by Crippen LogP contribution is 2.29. The molecule has 0 radical (unpaired) electrons. The molecule has 0 saturated carbocycles. The van der Waals surface area contributed by atoms with Gasteiger partial charge in [0.05, 0.1) is 5.56 Å². The molecule has 1 aromatic heterocycles. The van der Waals surface area contributed by atoms with Crippen LogP contribution in [0.25, 0.3) is 5.69 Å². The first-order valence-corrected chi connectivity index (χ1v) is 9.46. The van der Waals surface area contributed by atoms with Crippen LogP contribution in [0.15, 0.2) is 30.3 Å². The Morgan fingerprint density at radius 1 is 1.32 bits per heavy atom. The Morgan fingerprint density at radius 2 is 2.08 bits per heavy atom. The van der Waals surface area contributed by atoms with Crippen LogP contribution in [0.3, 0.4) is 0 Å². The van der Waals surface area contributed by atoms with Gasteiger partial charge >= 0.3 is 5.97 Å². The summed E-state index contributed by atoms with van der Waals surface area (Å²) < 4.78 is 1.94. The van der Waals surface area contributed by atoms with Crippen LogP contribution < -0.4 is 5.32 Å². The van der Waals surface area contributed by atoms with E-state index in [1.165, 1.54) is 0 Å². The number of rotatable bonds is 4. The van der Waals surface area contributed by atoms with Crippen molar-refractivity contribution in [1.29, 1.82) is 0 Å². The van der Waals surface area contributed by atoms with E-state index in [4.69, 9.17) is 11.6 Å². The third kappa shape index (κ3) is 3.28. The Balaban J connectivity index is 1.95. The fourth-order valence-electron chi connectivity index (χ4n) is 3.18. The van der Waals surface area contributed by atoms with Gasteiger partial charge < -0.3 is 15.0 Å². The zero-order valence-corrected chi connectivity index (χ0v) is 15.6. The zero-order valence-electron chi connectivity index (χ0n) is 14.0. The lowest BCUT2D eigenvalue weighted by atomic mass is 9.98. The summed E-state index contributed by atoms with van der Waals surface area (Å²) in [5.41, 5.74) is 1.81. The van der Waals surface area contributed by atoms with E-state index in [0.717, 1.165) is 22.8 Å². The first kappa shape index (κ1) is 17.9. The van der Waals surface area contributed by atoms with E-state index in [9.17, 15) is 14.7 Å². The number of carbonyl (C=O) groups excluding carboxylic acids is 1. The molecule has 1 aliphatic heterocycles. The Kier molecular flexibility index (Phi) is 4.84. The van der Waals surface area contributed by atoms with Crippen molar-refractivity contribution in [2.24, 2.45) is 0 Å². The number of benzene rings is 1. The second-order valence-electron chi connectivity index (χ2n) is 6.24. The average Bonchev–Trinajstić information content (AvgIpc) is 3.13. The number of aromatic nitrogens is 1. The van der Waals surface area contributed by atoms with Crippen LogP contribution in [0.4, 0.5) is 0 Å². The molecule has 2 N–H and O–H groups in total. The maximum Gasteiger partial charge on any atom is 0.330 e. The minimum atomic E-state index is -1.18. The first-order chi connectivity index (χ1) is 11.8. The number of aryl methyl sites for hydroxylation is 1. The van der Waals surface area contributed by atoms with Gasteiger partial charge in [-0.05, 0) is 50.3 Å². The lowest BCUT2D eigenvalue weighted by Crippen LogP contribution is -2.54. The molecule has 5 nitrogen and oxygen atoms in total. The van der Waals surface area contributed by atoms with Gasteiger partial charge in [-0.25, -0.2) is 4.79 Å². The fourth-order valence-corrected chi connectivity index (χ4v) is 4.69. The first-order valence-electron chi connectivity index (χ1n) is 7.92. The van der Waals surface area contributed by atoms with E-state index in [1.807, 2.05) is 36.6 Å². The van der Waals surface area contributed by atoms with Gasteiger partial charge in [-0.3, -0.25) is 4.79 Å². The lowest BCUT2D eigenvalue weighted by molar-refractivity contribution is -0.143. The number of carboxylic acids is 1. The zero-order chi connectivity index (χ0) is 18.2. The van der Waals surface area contributed by atoms with Crippen LogP contribution in [0, 0.1) is 13.8 Å². The standard InChI is InChI=1S/C18H19ClN2O3S/c1-11-8-15(12(2)21(11)14-5-3-4-13(19)9-14)16(22)20-18(17(23)24)6-7-25-10-18/h3-5,8-9H,6-7,10H2,1-2H3,(H,20,22)(H,23,24). The Labute approximate surface area is 155 Å². The number of carbonyl (C=O) groups is 2. The van der Waals surface area contributed by atoms with E-state index < -0.39 is 11.5 Å². The van der Waals surface area contributed by atoms with Crippen LogP contribution in [0.1, 0.15) is 28.2 Å². The number of aliphatic carboxylic acids is 1. The third-order valence-electron chi connectivity index (χ3n) is 4.53. The summed E-state index contributed by atoms with van der Waals surface area (Å²) in [6, 6.07) is 9.17. The Morgan fingerprint density at radius 3 is 2.68 bits per heavy atom. The highest BCUT2D eigenvalue weighted by molar-refractivity contribution is 7.99. The largest absolute Gasteiger partial charge is 0.479 e. The maximum atomic E-state index is 12.8. The minimum Gasteiger partial charge on any atom is -0.479 e. The van der Waals surface area contributed by atoms with Crippen molar-refractivity contribution >= 4 is 35.2 Å². The molecule has 132 valence electrons. The molecular formula is C18H19ClN2O3S. The van der Waals surface area contributed by atoms with E-state index in [2.05, 4.69) is 5.32 Å². The lowest BCUT2D eigenvalue weighted by Gasteiger charge is -2.24. The van der Waals surface area contributed by atoms with Crippen LogP contribution in [0.5, 0.6) is 0 Å². The molecule has 1 fully saturated rings. The molecule has 2 heterocycles. The minimum absolute atomic E-state index is 0.355. The maximum absolute atomic E-state index is 12.8. The highest BCUT2D eigenvalue weighted by Gasteiger charge is 2.43. The molecule has 2 aromatic rings. The molecule has 0 spiro atoms. The molecule has 1 amide bonds. The Hall–Kier alpha value is -1.92. The van der Waals surface area contributed by atoms with Gasteiger partial charge in [-0.2, -0.15) is 11.8 Å². The molecule has 1 unspecified atom stereocenters. The molecule has 1 atom stereocenters. The summed E-state index contributed by atoms with van der Waals surface area (Å²) >= 11 is 7.62. The quantitative estimate of drug-likeness (QED) is 0.854.